The molecule has 3 rings (SSSR count). The maximum absolute atomic E-state index is 10.8. The molecule has 0 spiro atoms. The third-order valence-electron chi connectivity index (χ3n) is 3.51. The van der Waals surface area contributed by atoms with Crippen molar-refractivity contribution in [1.82, 2.24) is 19.9 Å². The van der Waals surface area contributed by atoms with E-state index in [0.29, 0.717) is 19.0 Å². The predicted molar refractivity (Wildman–Crippen MR) is 90.6 cm³/mol. The first-order chi connectivity index (χ1) is 11.7. The van der Waals surface area contributed by atoms with Crippen LogP contribution < -0.4 is 15.8 Å². The van der Waals surface area contributed by atoms with E-state index in [1.807, 2.05) is 47.9 Å². The molecule has 7 nitrogen and oxygen atoms in total. The van der Waals surface area contributed by atoms with Gasteiger partial charge in [0.1, 0.15) is 17.1 Å². The first-order valence-electron chi connectivity index (χ1n) is 7.75. The zero-order chi connectivity index (χ0) is 16.9. The van der Waals surface area contributed by atoms with E-state index in [9.17, 15) is 4.79 Å². The van der Waals surface area contributed by atoms with Crippen LogP contribution in [0.15, 0.2) is 42.5 Å². The van der Waals surface area contributed by atoms with Crippen LogP contribution in [0.4, 0.5) is 0 Å². The van der Waals surface area contributed by atoms with Crippen LogP contribution in [-0.2, 0) is 17.9 Å². The van der Waals surface area contributed by atoms with Gasteiger partial charge in [-0.2, -0.15) is 4.98 Å². The lowest BCUT2D eigenvalue weighted by Gasteiger charge is -2.07. The molecule has 0 bridgehead atoms. The normalized spacial score (nSPS) is 10.9. The second-order valence-electron chi connectivity index (χ2n) is 5.25. The number of imidazole rings is 1. The van der Waals surface area contributed by atoms with Crippen molar-refractivity contribution in [2.45, 2.75) is 20.0 Å². The molecule has 0 aliphatic carbocycles. The molecule has 0 aliphatic rings. The van der Waals surface area contributed by atoms with Crippen molar-refractivity contribution in [1.29, 1.82) is 0 Å². The van der Waals surface area contributed by atoms with E-state index in [2.05, 4.69) is 15.3 Å². The van der Waals surface area contributed by atoms with Gasteiger partial charge in [-0.15, -0.1) is 0 Å². The summed E-state index contributed by atoms with van der Waals surface area (Å²) in [5, 5.41) is 2.97. The van der Waals surface area contributed by atoms with Gasteiger partial charge in [0.15, 0.2) is 5.65 Å². The lowest BCUT2D eigenvalue weighted by molar-refractivity contribution is -0.117. The maximum atomic E-state index is 10.8. The smallest absolute Gasteiger partial charge is 0.231 e. The van der Waals surface area contributed by atoms with Crippen LogP contribution in [0.1, 0.15) is 12.7 Å². The summed E-state index contributed by atoms with van der Waals surface area (Å²) in [5.41, 5.74) is 6.67. The van der Waals surface area contributed by atoms with Gasteiger partial charge in [-0.05, 0) is 25.1 Å². The quantitative estimate of drug-likeness (QED) is 0.691. The molecule has 0 atom stereocenters. The fourth-order valence-electron chi connectivity index (χ4n) is 2.46. The molecule has 1 amide bonds. The van der Waals surface area contributed by atoms with E-state index >= 15 is 0 Å². The minimum Gasteiger partial charge on any atom is -0.439 e. The molecule has 0 fully saturated rings. The van der Waals surface area contributed by atoms with Crippen molar-refractivity contribution < 1.29 is 9.53 Å². The van der Waals surface area contributed by atoms with Crippen molar-refractivity contribution in [3.8, 4) is 11.6 Å². The highest BCUT2D eigenvalue weighted by atomic mass is 16.5. The molecule has 3 aromatic rings. The summed E-state index contributed by atoms with van der Waals surface area (Å²) in [7, 11) is 0. The van der Waals surface area contributed by atoms with E-state index in [0.717, 1.165) is 22.7 Å². The number of carbonyl (C=O) groups excluding carboxylic acids is 1. The van der Waals surface area contributed by atoms with E-state index in [-0.39, 0.29) is 6.54 Å². The summed E-state index contributed by atoms with van der Waals surface area (Å²) in [4.78, 5) is 20.0. The molecule has 0 unspecified atom stereocenters. The van der Waals surface area contributed by atoms with Crippen LogP contribution in [0.3, 0.4) is 0 Å². The van der Waals surface area contributed by atoms with E-state index in [1.54, 1.807) is 6.07 Å². The van der Waals surface area contributed by atoms with Gasteiger partial charge in [-0.25, -0.2) is 4.98 Å². The van der Waals surface area contributed by atoms with Crippen LogP contribution in [0.25, 0.3) is 11.2 Å². The van der Waals surface area contributed by atoms with Gasteiger partial charge in [0, 0.05) is 12.6 Å². The zero-order valence-corrected chi connectivity index (χ0v) is 13.4. The molecule has 24 heavy (non-hydrogen) atoms. The highest BCUT2D eigenvalue weighted by Gasteiger charge is 2.12. The average molecular weight is 325 g/mol. The number of ether oxygens (including phenoxy) is 1. The monoisotopic (exact) mass is 325 g/mol. The Morgan fingerprint density at radius 3 is 2.71 bits per heavy atom. The maximum Gasteiger partial charge on any atom is 0.231 e. The van der Waals surface area contributed by atoms with Crippen molar-refractivity contribution in [2.75, 3.05) is 6.54 Å². The van der Waals surface area contributed by atoms with Crippen LogP contribution in [-0.4, -0.2) is 27.0 Å². The first kappa shape index (κ1) is 15.9. The number of hydrogen-bond acceptors (Lipinski definition) is 5. The van der Waals surface area contributed by atoms with Gasteiger partial charge < -0.3 is 20.4 Å². The number of aryl methyl sites for hydroxylation is 1. The van der Waals surface area contributed by atoms with E-state index in [4.69, 9.17) is 10.5 Å². The van der Waals surface area contributed by atoms with Gasteiger partial charge >= 0.3 is 0 Å². The minimum absolute atomic E-state index is 0.114. The Morgan fingerprint density at radius 2 is 2.00 bits per heavy atom. The molecule has 3 N–H and O–H groups in total. The number of rotatable bonds is 7. The number of benzene rings is 1. The average Bonchev–Trinajstić information content (AvgIpc) is 2.92. The number of nitrogens with two attached hydrogens (primary N) is 1. The molecule has 0 aliphatic heterocycles. The Balaban J connectivity index is 1.86. The molecule has 2 heterocycles. The summed E-state index contributed by atoms with van der Waals surface area (Å²) >= 11 is 0. The number of para-hydroxylation sites is 1. The number of pyridine rings is 1. The highest BCUT2D eigenvalue weighted by Crippen LogP contribution is 2.22. The Kier molecular flexibility index (Phi) is 4.72. The third-order valence-corrected chi connectivity index (χ3v) is 3.51. The predicted octanol–water partition coefficient (Wildman–Crippen LogP) is 1.82. The molecule has 0 saturated heterocycles. The lowest BCUT2D eigenvalue weighted by atomic mass is 10.3. The summed E-state index contributed by atoms with van der Waals surface area (Å²) in [6, 6.07) is 13.2. The summed E-state index contributed by atoms with van der Waals surface area (Å²) in [5.74, 6) is 1.65. The minimum atomic E-state index is -0.397. The number of hydrogen-bond donors (Lipinski definition) is 2. The van der Waals surface area contributed by atoms with E-state index < -0.39 is 5.91 Å². The second kappa shape index (κ2) is 7.10. The van der Waals surface area contributed by atoms with Gasteiger partial charge in [0.25, 0.3) is 0 Å². The summed E-state index contributed by atoms with van der Waals surface area (Å²) in [6.45, 7) is 3.29. The number of fused-ring (bicyclic) bond motifs is 1. The Morgan fingerprint density at radius 1 is 1.21 bits per heavy atom. The van der Waals surface area contributed by atoms with E-state index in [1.165, 1.54) is 0 Å². The fourth-order valence-corrected chi connectivity index (χ4v) is 2.46. The summed E-state index contributed by atoms with van der Waals surface area (Å²) in [6.07, 6.45) is 0. The molecular weight excluding hydrogens is 306 g/mol. The van der Waals surface area contributed by atoms with Gasteiger partial charge in [0.2, 0.25) is 11.8 Å². The van der Waals surface area contributed by atoms with Gasteiger partial charge in [-0.1, -0.05) is 18.2 Å². The highest BCUT2D eigenvalue weighted by molar-refractivity contribution is 5.76. The second-order valence-corrected chi connectivity index (χ2v) is 5.25. The SMILES string of the molecule is CCn1c(CNCC(N)=O)nc2ccc(Oc3ccccc3)nc21. The molecule has 7 heteroatoms. The Hall–Kier alpha value is -2.93. The number of nitrogens with zero attached hydrogens (tertiary/aromatic N) is 3. The molecule has 0 saturated carbocycles. The standard InChI is InChI=1S/C17H19N5O2/c1-2-22-15(11-19-10-14(18)23)20-13-8-9-16(21-17(13)22)24-12-6-4-3-5-7-12/h3-9,19H,2,10-11H2,1H3,(H2,18,23). The number of aromatic nitrogens is 3. The number of carbonyl (C=O) groups is 1. The summed E-state index contributed by atoms with van der Waals surface area (Å²) < 4.78 is 7.77. The van der Waals surface area contributed by atoms with Crippen LogP contribution >= 0.6 is 0 Å². The molecular formula is C17H19N5O2. The van der Waals surface area contributed by atoms with Crippen molar-refractivity contribution in [2.24, 2.45) is 5.73 Å². The molecule has 0 radical (unpaired) electrons. The Bertz CT molecular complexity index is 845. The number of primary amides is 1. The zero-order valence-electron chi connectivity index (χ0n) is 13.4. The van der Waals surface area contributed by atoms with Crippen molar-refractivity contribution in [3.05, 3.63) is 48.3 Å². The van der Waals surface area contributed by atoms with Crippen LogP contribution in [0, 0.1) is 0 Å². The largest absolute Gasteiger partial charge is 0.439 e. The fraction of sp³-hybridized carbons (Fsp3) is 0.235. The van der Waals surface area contributed by atoms with Crippen molar-refractivity contribution >= 4 is 17.1 Å². The topological polar surface area (TPSA) is 95.1 Å². The van der Waals surface area contributed by atoms with Gasteiger partial charge in [-0.3, -0.25) is 4.79 Å². The molecule has 2 aromatic heterocycles. The van der Waals surface area contributed by atoms with Crippen LogP contribution in [0.2, 0.25) is 0 Å². The number of nitrogens with one attached hydrogen (secondary N) is 1. The molecule has 124 valence electrons. The first-order valence-corrected chi connectivity index (χ1v) is 7.75. The Labute approximate surface area is 139 Å². The molecule has 1 aromatic carbocycles. The van der Waals surface area contributed by atoms with Crippen LogP contribution in [0.5, 0.6) is 11.6 Å². The van der Waals surface area contributed by atoms with Gasteiger partial charge in [0.05, 0.1) is 13.1 Å². The number of amides is 1. The lowest BCUT2D eigenvalue weighted by Crippen LogP contribution is -2.29. The third kappa shape index (κ3) is 3.52. The van der Waals surface area contributed by atoms with Crippen molar-refractivity contribution in [3.63, 3.8) is 0 Å².